The van der Waals surface area contributed by atoms with Crippen molar-refractivity contribution in [2.75, 3.05) is 31.8 Å². The van der Waals surface area contributed by atoms with Crippen LogP contribution in [-0.2, 0) is 16.0 Å². The molecule has 2 atom stereocenters. The van der Waals surface area contributed by atoms with Gasteiger partial charge in [0, 0.05) is 23.7 Å². The van der Waals surface area contributed by atoms with E-state index in [-0.39, 0.29) is 18.0 Å². The van der Waals surface area contributed by atoms with Crippen LogP contribution in [0, 0.1) is 13.8 Å². The molecule has 206 valence electrons. The summed E-state index contributed by atoms with van der Waals surface area (Å²) in [5.41, 5.74) is 8.49. The fourth-order valence-electron chi connectivity index (χ4n) is 5.74. The maximum atomic E-state index is 11.9. The third kappa shape index (κ3) is 6.03. The molecule has 7 heteroatoms. The number of esters is 1. The summed E-state index contributed by atoms with van der Waals surface area (Å²) in [7, 11) is 0. The van der Waals surface area contributed by atoms with Crippen molar-refractivity contribution in [2.45, 2.75) is 58.5 Å². The highest BCUT2D eigenvalue weighted by Crippen LogP contribution is 2.43. The molecule has 1 aliphatic heterocycles. The van der Waals surface area contributed by atoms with E-state index in [1.54, 1.807) is 6.20 Å². The summed E-state index contributed by atoms with van der Waals surface area (Å²) in [5.74, 6) is 3.09. The number of aryl methyl sites for hydroxylation is 2. The first-order valence-corrected chi connectivity index (χ1v) is 15.2. The molecule has 6 nitrogen and oxygen atoms in total. The normalized spacial score (nSPS) is 17.3. The SMILES string of the molecule is CCOC(=O)CC1COc2cc(OC3CCc4c(-c5c(C)cc(OCCCSC)cc5C)cccc43)ncc21. The summed E-state index contributed by atoms with van der Waals surface area (Å²) in [6.45, 7) is 7.73. The summed E-state index contributed by atoms with van der Waals surface area (Å²) in [4.78, 5) is 16.5. The number of nitrogens with zero attached hydrogens (tertiary/aromatic N) is 1. The van der Waals surface area contributed by atoms with Crippen molar-refractivity contribution in [3.05, 3.63) is 70.4 Å². The molecule has 0 amide bonds. The van der Waals surface area contributed by atoms with E-state index in [2.05, 4.69) is 55.4 Å². The molecule has 2 aromatic carbocycles. The Morgan fingerprint density at radius 1 is 1.15 bits per heavy atom. The number of carbonyl (C=O) groups excluding carboxylic acids is 1. The summed E-state index contributed by atoms with van der Waals surface area (Å²) in [6.07, 6.45) is 7.03. The number of hydrogen-bond donors (Lipinski definition) is 0. The average molecular weight is 548 g/mol. The van der Waals surface area contributed by atoms with Gasteiger partial charge in [-0.1, -0.05) is 18.2 Å². The Labute approximate surface area is 235 Å². The topological polar surface area (TPSA) is 66.9 Å². The van der Waals surface area contributed by atoms with Gasteiger partial charge in [-0.25, -0.2) is 4.98 Å². The number of hydrogen-bond acceptors (Lipinski definition) is 7. The lowest BCUT2D eigenvalue weighted by Gasteiger charge is -2.18. The summed E-state index contributed by atoms with van der Waals surface area (Å²) in [5, 5.41) is 0. The van der Waals surface area contributed by atoms with Crippen molar-refractivity contribution >= 4 is 17.7 Å². The van der Waals surface area contributed by atoms with E-state index in [9.17, 15) is 4.79 Å². The predicted octanol–water partition coefficient (Wildman–Crippen LogP) is 6.99. The van der Waals surface area contributed by atoms with Crippen LogP contribution in [-0.4, -0.2) is 42.8 Å². The molecule has 3 aromatic rings. The van der Waals surface area contributed by atoms with Crippen LogP contribution in [0.25, 0.3) is 11.1 Å². The maximum absolute atomic E-state index is 11.9. The van der Waals surface area contributed by atoms with Crippen molar-refractivity contribution < 1.29 is 23.7 Å². The zero-order valence-corrected chi connectivity index (χ0v) is 24.1. The molecule has 1 aromatic heterocycles. The Hall–Kier alpha value is -3.19. The molecule has 0 saturated carbocycles. The fourth-order valence-corrected chi connectivity index (χ4v) is 6.15. The summed E-state index contributed by atoms with van der Waals surface area (Å²) >= 11 is 1.85. The third-order valence-corrected chi connectivity index (χ3v) is 8.18. The molecule has 2 unspecified atom stereocenters. The van der Waals surface area contributed by atoms with Gasteiger partial charge in [0.2, 0.25) is 5.88 Å². The highest BCUT2D eigenvalue weighted by Gasteiger charge is 2.31. The molecule has 2 aliphatic rings. The van der Waals surface area contributed by atoms with Crippen molar-refractivity contribution in [1.82, 2.24) is 4.98 Å². The van der Waals surface area contributed by atoms with Gasteiger partial charge in [0.25, 0.3) is 0 Å². The Kier molecular flexibility index (Phi) is 8.66. The maximum Gasteiger partial charge on any atom is 0.306 e. The first kappa shape index (κ1) is 27.4. The second-order valence-corrected chi connectivity index (χ2v) is 11.2. The van der Waals surface area contributed by atoms with Gasteiger partial charge in [0.15, 0.2) is 0 Å². The zero-order valence-electron chi connectivity index (χ0n) is 23.2. The molecule has 0 radical (unpaired) electrons. The average Bonchev–Trinajstić information content (AvgIpc) is 3.51. The lowest BCUT2D eigenvalue weighted by molar-refractivity contribution is -0.143. The zero-order chi connectivity index (χ0) is 27.4. The van der Waals surface area contributed by atoms with Gasteiger partial charge in [0.05, 0.1) is 26.2 Å². The molecule has 0 fully saturated rings. The van der Waals surface area contributed by atoms with E-state index < -0.39 is 0 Å². The van der Waals surface area contributed by atoms with Crippen LogP contribution >= 0.6 is 11.8 Å². The second-order valence-electron chi connectivity index (χ2n) is 10.2. The first-order valence-electron chi connectivity index (χ1n) is 13.8. The molecular weight excluding hydrogens is 510 g/mol. The van der Waals surface area contributed by atoms with Crippen LogP contribution in [0.1, 0.15) is 66.0 Å². The molecular formula is C32H37NO5S. The first-order chi connectivity index (χ1) is 19.0. The Morgan fingerprint density at radius 3 is 2.74 bits per heavy atom. The van der Waals surface area contributed by atoms with Gasteiger partial charge in [-0.2, -0.15) is 11.8 Å². The Morgan fingerprint density at radius 2 is 1.97 bits per heavy atom. The monoisotopic (exact) mass is 547 g/mol. The molecule has 0 spiro atoms. The number of fused-ring (bicyclic) bond motifs is 2. The van der Waals surface area contributed by atoms with E-state index in [0.29, 0.717) is 25.5 Å². The molecule has 39 heavy (non-hydrogen) atoms. The minimum Gasteiger partial charge on any atom is -0.494 e. The van der Waals surface area contributed by atoms with Crippen molar-refractivity contribution in [3.63, 3.8) is 0 Å². The van der Waals surface area contributed by atoms with Gasteiger partial charge in [-0.15, -0.1) is 0 Å². The van der Waals surface area contributed by atoms with Gasteiger partial charge < -0.3 is 18.9 Å². The van der Waals surface area contributed by atoms with Gasteiger partial charge in [-0.3, -0.25) is 4.79 Å². The highest BCUT2D eigenvalue weighted by atomic mass is 32.2. The molecule has 2 heterocycles. The van der Waals surface area contributed by atoms with Crippen LogP contribution in [0.5, 0.6) is 17.4 Å². The van der Waals surface area contributed by atoms with E-state index >= 15 is 0 Å². The molecule has 5 rings (SSSR count). The van der Waals surface area contributed by atoms with Gasteiger partial charge in [-0.05, 0) is 97.6 Å². The number of thioether (sulfide) groups is 1. The number of carbonyl (C=O) groups is 1. The number of rotatable bonds is 11. The largest absolute Gasteiger partial charge is 0.494 e. The van der Waals surface area contributed by atoms with E-state index in [1.807, 2.05) is 24.8 Å². The Bertz CT molecular complexity index is 1320. The van der Waals surface area contributed by atoms with Crippen molar-refractivity contribution in [2.24, 2.45) is 0 Å². The van der Waals surface area contributed by atoms with Crippen LogP contribution in [0.3, 0.4) is 0 Å². The van der Waals surface area contributed by atoms with Gasteiger partial charge >= 0.3 is 5.97 Å². The second kappa shape index (κ2) is 12.3. The summed E-state index contributed by atoms with van der Waals surface area (Å²) in [6, 6.07) is 12.7. The van der Waals surface area contributed by atoms with Gasteiger partial charge in [0.1, 0.15) is 17.6 Å². The fraction of sp³-hybridized carbons (Fsp3) is 0.438. The van der Waals surface area contributed by atoms with Crippen molar-refractivity contribution in [3.8, 4) is 28.5 Å². The number of benzene rings is 2. The number of pyridine rings is 1. The van der Waals surface area contributed by atoms with Crippen molar-refractivity contribution in [1.29, 1.82) is 0 Å². The minimum absolute atomic E-state index is 0.0334. The molecule has 1 aliphatic carbocycles. The molecule has 0 bridgehead atoms. The van der Waals surface area contributed by atoms with Crippen LogP contribution in [0.4, 0.5) is 0 Å². The quantitative estimate of drug-likeness (QED) is 0.189. The molecule has 0 N–H and O–H groups in total. The van der Waals surface area contributed by atoms with E-state index in [1.165, 1.54) is 33.4 Å². The van der Waals surface area contributed by atoms with Crippen LogP contribution in [0.15, 0.2) is 42.6 Å². The third-order valence-electron chi connectivity index (χ3n) is 7.48. The minimum atomic E-state index is -0.212. The lowest BCUT2D eigenvalue weighted by atomic mass is 9.90. The van der Waals surface area contributed by atoms with Crippen LogP contribution in [0.2, 0.25) is 0 Å². The Balaban J connectivity index is 1.32. The number of aromatic nitrogens is 1. The molecule has 0 saturated heterocycles. The van der Waals surface area contributed by atoms with E-state index in [4.69, 9.17) is 18.9 Å². The van der Waals surface area contributed by atoms with Crippen LogP contribution < -0.4 is 14.2 Å². The smallest absolute Gasteiger partial charge is 0.306 e. The predicted molar refractivity (Wildman–Crippen MR) is 155 cm³/mol. The van der Waals surface area contributed by atoms with E-state index in [0.717, 1.165) is 48.7 Å². The number of ether oxygens (including phenoxy) is 4. The standard InChI is InChI=1S/C32H37NO5S/c1-5-35-31(34)16-22-19-37-29-17-30(33-18-27(22)29)38-28-11-10-24-25(28)8-6-9-26(24)32-20(2)14-23(15-21(32)3)36-12-7-13-39-4/h6,8-9,14-15,17-18,22,28H,5,7,10-13,16,19H2,1-4H3. The lowest BCUT2D eigenvalue weighted by Crippen LogP contribution is -2.11. The highest BCUT2D eigenvalue weighted by molar-refractivity contribution is 7.98. The summed E-state index contributed by atoms with van der Waals surface area (Å²) < 4.78 is 23.4.